The second kappa shape index (κ2) is 5.10. The molecule has 1 amide bonds. The second-order valence-electron chi connectivity index (χ2n) is 5.30. The molecule has 5 nitrogen and oxygen atoms in total. The SMILES string of the molecule is Cc1nn(C)cc1C(=O)NC1(CN)CCCCC1. The van der Waals surface area contributed by atoms with Gasteiger partial charge in [0, 0.05) is 19.8 Å². The molecule has 2 rings (SSSR count). The third kappa shape index (κ3) is 2.56. The van der Waals surface area contributed by atoms with E-state index in [4.69, 9.17) is 5.73 Å². The molecule has 0 radical (unpaired) electrons. The van der Waals surface area contributed by atoms with Crippen LogP contribution in [0.3, 0.4) is 0 Å². The van der Waals surface area contributed by atoms with Gasteiger partial charge >= 0.3 is 0 Å². The van der Waals surface area contributed by atoms with Gasteiger partial charge in [0.15, 0.2) is 0 Å². The Morgan fingerprint density at radius 2 is 2.17 bits per heavy atom. The van der Waals surface area contributed by atoms with Crippen LogP contribution in [0.2, 0.25) is 0 Å². The Balaban J connectivity index is 2.12. The van der Waals surface area contributed by atoms with Crippen molar-refractivity contribution >= 4 is 5.91 Å². The van der Waals surface area contributed by atoms with Crippen LogP contribution in [0.25, 0.3) is 0 Å². The molecule has 0 atom stereocenters. The van der Waals surface area contributed by atoms with E-state index < -0.39 is 0 Å². The summed E-state index contributed by atoms with van der Waals surface area (Å²) in [6, 6.07) is 0. The van der Waals surface area contributed by atoms with E-state index in [1.165, 1.54) is 6.42 Å². The summed E-state index contributed by atoms with van der Waals surface area (Å²) in [6.45, 7) is 2.36. The molecule has 0 aliphatic heterocycles. The Morgan fingerprint density at radius 1 is 1.50 bits per heavy atom. The first-order valence-electron chi connectivity index (χ1n) is 6.59. The van der Waals surface area contributed by atoms with Crippen LogP contribution in [0.15, 0.2) is 6.20 Å². The molecule has 1 aromatic heterocycles. The van der Waals surface area contributed by atoms with Gasteiger partial charge in [0.25, 0.3) is 5.91 Å². The number of rotatable bonds is 3. The number of carbonyl (C=O) groups is 1. The van der Waals surface area contributed by atoms with Gasteiger partial charge in [0.2, 0.25) is 0 Å². The first-order chi connectivity index (χ1) is 8.56. The van der Waals surface area contributed by atoms with Crippen LogP contribution in [0, 0.1) is 6.92 Å². The lowest BCUT2D eigenvalue weighted by molar-refractivity contribution is 0.0874. The number of amides is 1. The molecule has 0 spiro atoms. The van der Waals surface area contributed by atoms with Gasteiger partial charge < -0.3 is 11.1 Å². The number of nitrogens with zero attached hydrogens (tertiary/aromatic N) is 2. The van der Waals surface area contributed by atoms with Crippen molar-refractivity contribution in [1.29, 1.82) is 0 Å². The maximum Gasteiger partial charge on any atom is 0.255 e. The van der Waals surface area contributed by atoms with E-state index in [1.807, 2.05) is 14.0 Å². The van der Waals surface area contributed by atoms with Crippen LogP contribution < -0.4 is 11.1 Å². The van der Waals surface area contributed by atoms with Crippen molar-refractivity contribution in [3.63, 3.8) is 0 Å². The minimum absolute atomic E-state index is 0.0482. The summed E-state index contributed by atoms with van der Waals surface area (Å²) in [5.41, 5.74) is 7.07. The van der Waals surface area contributed by atoms with E-state index in [1.54, 1.807) is 10.9 Å². The quantitative estimate of drug-likeness (QED) is 0.844. The number of aromatic nitrogens is 2. The summed E-state index contributed by atoms with van der Waals surface area (Å²) in [5, 5.41) is 7.33. The molecule has 1 saturated carbocycles. The van der Waals surface area contributed by atoms with Gasteiger partial charge in [-0.2, -0.15) is 5.10 Å². The fourth-order valence-electron chi connectivity index (χ4n) is 2.74. The molecule has 0 bridgehead atoms. The van der Waals surface area contributed by atoms with Gasteiger partial charge in [-0.3, -0.25) is 9.48 Å². The van der Waals surface area contributed by atoms with Crippen LogP contribution in [-0.2, 0) is 7.05 Å². The lowest BCUT2D eigenvalue weighted by atomic mass is 9.81. The maximum absolute atomic E-state index is 12.3. The van der Waals surface area contributed by atoms with Gasteiger partial charge in [-0.1, -0.05) is 19.3 Å². The molecule has 0 unspecified atom stereocenters. The maximum atomic E-state index is 12.3. The van der Waals surface area contributed by atoms with E-state index in [0.29, 0.717) is 12.1 Å². The van der Waals surface area contributed by atoms with Crippen LogP contribution >= 0.6 is 0 Å². The van der Waals surface area contributed by atoms with Gasteiger partial charge in [0.1, 0.15) is 0 Å². The molecule has 5 heteroatoms. The average molecular weight is 250 g/mol. The third-order valence-electron chi connectivity index (χ3n) is 3.84. The van der Waals surface area contributed by atoms with Crippen LogP contribution in [-0.4, -0.2) is 27.8 Å². The summed E-state index contributed by atoms with van der Waals surface area (Å²) in [7, 11) is 1.82. The molecule has 3 N–H and O–H groups in total. The van der Waals surface area contributed by atoms with Crippen molar-refractivity contribution in [3.8, 4) is 0 Å². The number of carbonyl (C=O) groups excluding carboxylic acids is 1. The first-order valence-corrected chi connectivity index (χ1v) is 6.59. The van der Waals surface area contributed by atoms with E-state index >= 15 is 0 Å². The lowest BCUT2D eigenvalue weighted by Crippen LogP contribution is -2.54. The van der Waals surface area contributed by atoms with Crippen molar-refractivity contribution in [2.24, 2.45) is 12.8 Å². The van der Waals surface area contributed by atoms with Crippen molar-refractivity contribution in [1.82, 2.24) is 15.1 Å². The van der Waals surface area contributed by atoms with Gasteiger partial charge in [-0.25, -0.2) is 0 Å². The van der Waals surface area contributed by atoms with Gasteiger partial charge in [-0.05, 0) is 19.8 Å². The monoisotopic (exact) mass is 250 g/mol. The van der Waals surface area contributed by atoms with Crippen LogP contribution in [0.1, 0.15) is 48.2 Å². The highest BCUT2D eigenvalue weighted by Gasteiger charge is 2.32. The first kappa shape index (κ1) is 13.1. The van der Waals surface area contributed by atoms with Gasteiger partial charge in [-0.15, -0.1) is 0 Å². The second-order valence-corrected chi connectivity index (χ2v) is 5.30. The number of nitrogens with one attached hydrogen (secondary N) is 1. The van der Waals surface area contributed by atoms with Crippen molar-refractivity contribution in [3.05, 3.63) is 17.5 Å². The molecule has 18 heavy (non-hydrogen) atoms. The molecule has 1 fully saturated rings. The zero-order valence-electron chi connectivity index (χ0n) is 11.2. The Kier molecular flexibility index (Phi) is 3.71. The minimum Gasteiger partial charge on any atom is -0.345 e. The molecule has 0 saturated heterocycles. The summed E-state index contributed by atoms with van der Waals surface area (Å²) in [5.74, 6) is -0.0482. The van der Waals surface area contributed by atoms with Crippen molar-refractivity contribution in [2.75, 3.05) is 6.54 Å². The third-order valence-corrected chi connectivity index (χ3v) is 3.84. The topological polar surface area (TPSA) is 72.9 Å². The number of hydrogen-bond acceptors (Lipinski definition) is 3. The lowest BCUT2D eigenvalue weighted by Gasteiger charge is -2.37. The number of nitrogens with two attached hydrogens (primary N) is 1. The predicted molar refractivity (Wildman–Crippen MR) is 70.3 cm³/mol. The molecule has 1 aromatic rings. The largest absolute Gasteiger partial charge is 0.345 e. The van der Waals surface area contributed by atoms with Gasteiger partial charge in [0.05, 0.1) is 16.8 Å². The Morgan fingerprint density at radius 3 is 2.67 bits per heavy atom. The normalized spacial score (nSPS) is 18.6. The summed E-state index contributed by atoms with van der Waals surface area (Å²) in [6.07, 6.45) is 7.25. The van der Waals surface area contributed by atoms with E-state index in [-0.39, 0.29) is 11.4 Å². The zero-order valence-corrected chi connectivity index (χ0v) is 11.2. The van der Waals surface area contributed by atoms with E-state index in [9.17, 15) is 4.79 Å². The van der Waals surface area contributed by atoms with E-state index in [2.05, 4.69) is 10.4 Å². The molecule has 0 aromatic carbocycles. The Labute approximate surface area is 108 Å². The highest BCUT2D eigenvalue weighted by atomic mass is 16.1. The predicted octanol–water partition coefficient (Wildman–Crippen LogP) is 1.12. The highest BCUT2D eigenvalue weighted by molar-refractivity contribution is 5.95. The fraction of sp³-hybridized carbons (Fsp3) is 0.692. The summed E-state index contributed by atoms with van der Waals surface area (Å²) >= 11 is 0. The average Bonchev–Trinajstić information content (AvgIpc) is 2.70. The molecular weight excluding hydrogens is 228 g/mol. The smallest absolute Gasteiger partial charge is 0.255 e. The standard InChI is InChI=1S/C13H22N4O/c1-10-11(8-17(2)16-10)12(18)15-13(9-14)6-4-3-5-7-13/h8H,3-7,9,14H2,1-2H3,(H,15,18). The minimum atomic E-state index is -0.211. The van der Waals surface area contributed by atoms with Crippen molar-refractivity contribution < 1.29 is 4.79 Å². The van der Waals surface area contributed by atoms with E-state index in [0.717, 1.165) is 31.4 Å². The Hall–Kier alpha value is -1.36. The zero-order chi connectivity index (χ0) is 13.2. The molecular formula is C13H22N4O. The van der Waals surface area contributed by atoms with Crippen LogP contribution in [0.4, 0.5) is 0 Å². The highest BCUT2D eigenvalue weighted by Crippen LogP contribution is 2.27. The summed E-state index contributed by atoms with van der Waals surface area (Å²) in [4.78, 5) is 12.3. The number of hydrogen-bond donors (Lipinski definition) is 2. The van der Waals surface area contributed by atoms with Crippen LogP contribution in [0.5, 0.6) is 0 Å². The molecule has 100 valence electrons. The Bertz CT molecular complexity index is 432. The summed E-state index contributed by atoms with van der Waals surface area (Å²) < 4.78 is 1.67. The van der Waals surface area contributed by atoms with Crippen molar-refractivity contribution in [2.45, 2.75) is 44.6 Å². The molecule has 1 aliphatic carbocycles. The fourth-order valence-corrected chi connectivity index (χ4v) is 2.74. The molecule has 1 heterocycles. The molecule has 1 aliphatic rings. The number of aryl methyl sites for hydroxylation is 2.